The lowest BCUT2D eigenvalue weighted by molar-refractivity contribution is 0.557. The van der Waals surface area contributed by atoms with Crippen LogP contribution in [0.5, 0.6) is 0 Å². The molecular formula is C8H21Cl3N6. The fourth-order valence-corrected chi connectivity index (χ4v) is 0.358. The maximum atomic E-state index is 7.25. The summed E-state index contributed by atoms with van der Waals surface area (Å²) in [5.41, 5.74) is 8.96. The number of nitrogens with zero attached hydrogens (tertiary/aromatic N) is 2. The number of rotatable bonds is 4. The van der Waals surface area contributed by atoms with Gasteiger partial charge in [-0.2, -0.15) is 10.2 Å². The van der Waals surface area contributed by atoms with E-state index in [-0.39, 0.29) is 48.9 Å². The van der Waals surface area contributed by atoms with Gasteiger partial charge in [-0.15, -0.1) is 37.2 Å². The maximum absolute atomic E-state index is 7.25. The lowest BCUT2D eigenvalue weighted by Crippen LogP contribution is -2.38. The summed E-state index contributed by atoms with van der Waals surface area (Å²) in [5.74, 6) is -0.138. The first-order valence-corrected chi connectivity index (χ1v) is 4.22. The molecule has 0 saturated heterocycles. The van der Waals surface area contributed by atoms with E-state index < -0.39 is 11.1 Å². The highest BCUT2D eigenvalue weighted by molar-refractivity contribution is 5.87. The lowest BCUT2D eigenvalue weighted by atomic mass is 10.1. The number of nitrogens with two attached hydrogens (primary N) is 2. The highest BCUT2D eigenvalue weighted by Gasteiger charge is 2.25. The number of nitrogens with one attached hydrogen (secondary N) is 2. The van der Waals surface area contributed by atoms with Gasteiger partial charge in [0.25, 0.3) is 0 Å². The second kappa shape index (κ2) is 8.49. The van der Waals surface area contributed by atoms with Crippen LogP contribution in [0.15, 0.2) is 10.2 Å². The number of hydrogen-bond acceptors (Lipinski definition) is 4. The van der Waals surface area contributed by atoms with Crippen LogP contribution in [-0.4, -0.2) is 22.7 Å². The molecule has 0 unspecified atom stereocenters. The first-order chi connectivity index (χ1) is 6.09. The van der Waals surface area contributed by atoms with Crippen molar-refractivity contribution < 1.29 is 0 Å². The van der Waals surface area contributed by atoms with Crippen LogP contribution >= 0.6 is 37.2 Å². The molecule has 0 aliphatic carbocycles. The van der Waals surface area contributed by atoms with Gasteiger partial charge >= 0.3 is 0 Å². The minimum atomic E-state index is -0.841. The molecule has 6 nitrogen and oxygen atoms in total. The Bertz CT molecular complexity index is 259. The molecule has 0 aromatic heterocycles. The van der Waals surface area contributed by atoms with Gasteiger partial charge in [-0.25, -0.2) is 0 Å². The first-order valence-electron chi connectivity index (χ1n) is 4.22. The summed E-state index contributed by atoms with van der Waals surface area (Å²) in [5, 5.41) is 22.3. The van der Waals surface area contributed by atoms with Crippen molar-refractivity contribution in [2.75, 3.05) is 0 Å². The summed E-state index contributed by atoms with van der Waals surface area (Å²) >= 11 is 0. The second-order valence-electron chi connectivity index (χ2n) is 4.15. The molecule has 0 heterocycles. The van der Waals surface area contributed by atoms with Crippen LogP contribution in [0.3, 0.4) is 0 Å². The largest absolute Gasteiger partial charge is 0.386 e. The topological polar surface area (TPSA) is 124 Å². The summed E-state index contributed by atoms with van der Waals surface area (Å²) in [4.78, 5) is 0. The molecule has 0 radical (unpaired) electrons. The molecule has 0 aliphatic heterocycles. The zero-order chi connectivity index (χ0) is 11.6. The Morgan fingerprint density at radius 1 is 0.765 bits per heavy atom. The summed E-state index contributed by atoms with van der Waals surface area (Å²) < 4.78 is 0. The van der Waals surface area contributed by atoms with Gasteiger partial charge in [0.15, 0.2) is 0 Å². The van der Waals surface area contributed by atoms with Crippen LogP contribution < -0.4 is 11.5 Å². The summed E-state index contributed by atoms with van der Waals surface area (Å²) in [6.45, 7) is 6.70. The molecule has 0 fully saturated rings. The van der Waals surface area contributed by atoms with E-state index in [0.717, 1.165) is 0 Å². The average Bonchev–Trinajstić information content (AvgIpc) is 2.01. The number of azo groups is 1. The van der Waals surface area contributed by atoms with Crippen molar-refractivity contribution in [1.82, 2.24) is 0 Å². The molecule has 0 rings (SSSR count). The monoisotopic (exact) mass is 306 g/mol. The van der Waals surface area contributed by atoms with Gasteiger partial charge in [-0.3, -0.25) is 10.8 Å². The van der Waals surface area contributed by atoms with E-state index in [0.29, 0.717) is 0 Å². The minimum Gasteiger partial charge on any atom is -0.386 e. The van der Waals surface area contributed by atoms with Crippen molar-refractivity contribution in [2.45, 2.75) is 38.8 Å². The van der Waals surface area contributed by atoms with E-state index in [4.69, 9.17) is 22.3 Å². The van der Waals surface area contributed by atoms with Gasteiger partial charge in [0, 0.05) is 0 Å². The highest BCUT2D eigenvalue weighted by atomic mass is 35.5. The van der Waals surface area contributed by atoms with Crippen LogP contribution in [0.2, 0.25) is 0 Å². The van der Waals surface area contributed by atoms with Crippen molar-refractivity contribution >= 4 is 48.9 Å². The quantitative estimate of drug-likeness (QED) is 0.361. The van der Waals surface area contributed by atoms with E-state index >= 15 is 0 Å². The van der Waals surface area contributed by atoms with Crippen molar-refractivity contribution in [3.8, 4) is 0 Å². The molecule has 0 saturated carbocycles. The first kappa shape index (κ1) is 25.3. The zero-order valence-corrected chi connectivity index (χ0v) is 12.7. The second-order valence-corrected chi connectivity index (χ2v) is 4.15. The third kappa shape index (κ3) is 8.18. The normalized spacial score (nSPS) is 10.8. The van der Waals surface area contributed by atoms with Gasteiger partial charge in [0.05, 0.1) is 0 Å². The van der Waals surface area contributed by atoms with Crippen molar-refractivity contribution in [3.63, 3.8) is 0 Å². The Kier molecular flexibility index (Phi) is 12.6. The molecule has 17 heavy (non-hydrogen) atoms. The summed E-state index contributed by atoms with van der Waals surface area (Å²) in [6.07, 6.45) is 0. The predicted molar refractivity (Wildman–Crippen MR) is 78.6 cm³/mol. The molecule has 0 spiro atoms. The third-order valence-electron chi connectivity index (χ3n) is 1.87. The Morgan fingerprint density at radius 2 is 0.941 bits per heavy atom. The van der Waals surface area contributed by atoms with E-state index in [2.05, 4.69) is 10.2 Å². The summed E-state index contributed by atoms with van der Waals surface area (Å²) in [7, 11) is 0. The summed E-state index contributed by atoms with van der Waals surface area (Å²) in [6, 6.07) is 0. The number of amidine groups is 2. The maximum Gasteiger partial charge on any atom is 0.132 e. The van der Waals surface area contributed by atoms with Gasteiger partial charge in [-0.1, -0.05) is 0 Å². The van der Waals surface area contributed by atoms with E-state index in [1.165, 1.54) is 0 Å². The molecule has 0 aliphatic rings. The predicted octanol–water partition coefficient (Wildman–Crippen LogP) is 2.13. The van der Waals surface area contributed by atoms with Crippen molar-refractivity contribution in [1.29, 1.82) is 10.8 Å². The highest BCUT2D eigenvalue weighted by Crippen LogP contribution is 2.15. The van der Waals surface area contributed by atoms with Gasteiger partial charge in [-0.05, 0) is 27.7 Å². The van der Waals surface area contributed by atoms with Crippen LogP contribution in [0.4, 0.5) is 0 Å². The molecule has 0 atom stereocenters. The van der Waals surface area contributed by atoms with Crippen molar-refractivity contribution in [3.05, 3.63) is 0 Å². The Labute approximate surface area is 120 Å². The molecular weight excluding hydrogens is 286 g/mol. The molecule has 104 valence electrons. The minimum absolute atomic E-state index is 0. The van der Waals surface area contributed by atoms with Gasteiger partial charge in [0.1, 0.15) is 22.7 Å². The Morgan fingerprint density at radius 3 is 1.06 bits per heavy atom. The number of hydrogen-bond donors (Lipinski definition) is 4. The van der Waals surface area contributed by atoms with E-state index in [1.807, 2.05) is 0 Å². The van der Waals surface area contributed by atoms with Gasteiger partial charge < -0.3 is 11.5 Å². The SMILES string of the molecule is CC(C)(N=NC(C)(C)C(=N)N)C(=N)N.Cl.Cl.Cl. The zero-order valence-electron chi connectivity index (χ0n) is 10.3. The molecule has 0 bridgehead atoms. The van der Waals surface area contributed by atoms with Crippen LogP contribution in [0, 0.1) is 10.8 Å². The molecule has 0 aromatic rings. The Balaban J connectivity index is -0.000000282. The molecule has 0 aromatic carbocycles. The smallest absolute Gasteiger partial charge is 0.132 e. The molecule has 9 heteroatoms. The van der Waals surface area contributed by atoms with E-state index in [9.17, 15) is 0 Å². The fourth-order valence-electron chi connectivity index (χ4n) is 0.358. The Hall–Kier alpha value is -0.590. The van der Waals surface area contributed by atoms with Crippen molar-refractivity contribution in [2.24, 2.45) is 21.7 Å². The molecule has 0 amide bonds. The average molecular weight is 308 g/mol. The fraction of sp³-hybridized carbons (Fsp3) is 0.750. The van der Waals surface area contributed by atoms with Crippen LogP contribution in [0.25, 0.3) is 0 Å². The van der Waals surface area contributed by atoms with E-state index in [1.54, 1.807) is 27.7 Å². The van der Waals surface area contributed by atoms with Crippen LogP contribution in [-0.2, 0) is 0 Å². The lowest BCUT2D eigenvalue weighted by Gasteiger charge is -2.20. The molecule has 6 N–H and O–H groups in total. The van der Waals surface area contributed by atoms with Crippen LogP contribution in [0.1, 0.15) is 27.7 Å². The standard InChI is InChI=1S/C8H18N6.3ClH/c1-7(2,5(9)10)13-14-8(3,4)6(11)12;;;/h1-4H3,(H3,9,10)(H3,11,12);3*1H. The number of halogens is 3. The third-order valence-corrected chi connectivity index (χ3v) is 1.87. The van der Waals surface area contributed by atoms with Gasteiger partial charge in [0.2, 0.25) is 0 Å².